The van der Waals surface area contributed by atoms with Crippen molar-refractivity contribution < 1.29 is 18.3 Å². The third kappa shape index (κ3) is 4.87. The maximum Gasteiger partial charge on any atom is 0.407 e. The van der Waals surface area contributed by atoms with Crippen LogP contribution in [0.15, 0.2) is 59.5 Å². The fraction of sp³-hybridized carbons (Fsp3) is 0.333. The molecule has 0 spiro atoms. The van der Waals surface area contributed by atoms with Crippen molar-refractivity contribution >= 4 is 21.6 Å². The Morgan fingerprint density at radius 1 is 1.24 bits per heavy atom. The summed E-state index contributed by atoms with van der Waals surface area (Å²) < 4.78 is 23.3. The van der Waals surface area contributed by atoms with Gasteiger partial charge in [0, 0.05) is 37.4 Å². The predicted octanol–water partition coefficient (Wildman–Crippen LogP) is 3.15. The van der Waals surface area contributed by atoms with Crippen LogP contribution in [0.25, 0.3) is 0 Å². The van der Waals surface area contributed by atoms with Gasteiger partial charge in [0.1, 0.15) is 5.54 Å². The second kappa shape index (κ2) is 8.13. The summed E-state index contributed by atoms with van der Waals surface area (Å²) in [6.45, 7) is 0.245. The predicted molar refractivity (Wildman–Crippen MR) is 109 cm³/mol. The van der Waals surface area contributed by atoms with E-state index in [1.54, 1.807) is 12.1 Å². The number of amides is 1. The first kappa shape index (κ1) is 20.7. The molecule has 29 heavy (non-hydrogen) atoms. The van der Waals surface area contributed by atoms with Crippen LogP contribution in [0, 0.1) is 11.3 Å². The minimum Gasteiger partial charge on any atom is -0.465 e. The third-order valence-electron chi connectivity index (χ3n) is 5.24. The van der Waals surface area contributed by atoms with Crippen LogP contribution in [-0.2, 0) is 16.3 Å². The van der Waals surface area contributed by atoms with E-state index >= 15 is 0 Å². The number of benzene rings is 2. The van der Waals surface area contributed by atoms with E-state index in [2.05, 4.69) is 11.4 Å². The average Bonchev–Trinajstić information content (AvgIpc) is 2.68. The first-order chi connectivity index (χ1) is 13.7. The van der Waals surface area contributed by atoms with Gasteiger partial charge in [0.15, 0.2) is 9.84 Å². The van der Waals surface area contributed by atoms with Gasteiger partial charge in [-0.1, -0.05) is 30.3 Å². The number of likely N-dealkylation sites (tertiary alicyclic amines) is 1. The number of hydrogen-bond acceptors (Lipinski definition) is 5. The molecule has 1 aliphatic heterocycles. The summed E-state index contributed by atoms with van der Waals surface area (Å²) in [5.74, 6) is 0. The molecule has 2 aromatic rings. The van der Waals surface area contributed by atoms with Gasteiger partial charge in [-0.3, -0.25) is 0 Å². The van der Waals surface area contributed by atoms with Crippen molar-refractivity contribution in [3.05, 3.63) is 60.2 Å². The highest BCUT2D eigenvalue weighted by Crippen LogP contribution is 2.32. The summed E-state index contributed by atoms with van der Waals surface area (Å²) >= 11 is 0. The Hall–Kier alpha value is -3.05. The first-order valence-electron chi connectivity index (χ1n) is 9.25. The van der Waals surface area contributed by atoms with Crippen molar-refractivity contribution in [3.8, 4) is 6.07 Å². The first-order valence-corrected chi connectivity index (χ1v) is 11.1. The Morgan fingerprint density at radius 2 is 1.90 bits per heavy atom. The molecule has 2 aromatic carbocycles. The molecule has 1 amide bonds. The van der Waals surface area contributed by atoms with Gasteiger partial charge >= 0.3 is 6.09 Å². The zero-order valence-corrected chi connectivity index (χ0v) is 16.9. The Labute approximate surface area is 170 Å². The van der Waals surface area contributed by atoms with Crippen LogP contribution in [0.2, 0.25) is 0 Å². The van der Waals surface area contributed by atoms with Crippen molar-refractivity contribution in [2.24, 2.45) is 0 Å². The lowest BCUT2D eigenvalue weighted by Crippen LogP contribution is -2.55. The van der Waals surface area contributed by atoms with Crippen LogP contribution in [-0.4, -0.2) is 48.9 Å². The van der Waals surface area contributed by atoms with Crippen molar-refractivity contribution in [3.63, 3.8) is 0 Å². The highest BCUT2D eigenvalue weighted by molar-refractivity contribution is 7.90. The van der Waals surface area contributed by atoms with E-state index in [-0.39, 0.29) is 17.5 Å². The largest absolute Gasteiger partial charge is 0.465 e. The Kier molecular flexibility index (Phi) is 5.80. The molecule has 7 nitrogen and oxygen atoms in total. The molecule has 8 heteroatoms. The highest BCUT2D eigenvalue weighted by atomic mass is 32.2. The molecule has 0 radical (unpaired) electrons. The van der Waals surface area contributed by atoms with E-state index in [9.17, 15) is 23.6 Å². The molecular weight excluding hydrogens is 390 g/mol. The molecule has 2 unspecified atom stereocenters. The lowest BCUT2D eigenvalue weighted by molar-refractivity contribution is 0.0950. The summed E-state index contributed by atoms with van der Waals surface area (Å²) in [6.07, 6.45) is 1.34. The normalized spacial score (nSPS) is 21.9. The van der Waals surface area contributed by atoms with Gasteiger partial charge in [-0.15, -0.1) is 0 Å². The molecule has 2 atom stereocenters. The van der Waals surface area contributed by atoms with E-state index in [4.69, 9.17) is 0 Å². The molecule has 1 fully saturated rings. The maximum atomic E-state index is 11.7. The topological polar surface area (TPSA) is 111 Å². The summed E-state index contributed by atoms with van der Waals surface area (Å²) in [5.41, 5.74) is 0.703. The molecule has 1 saturated heterocycles. The fourth-order valence-corrected chi connectivity index (χ4v) is 4.36. The highest BCUT2D eigenvalue weighted by Gasteiger charge is 2.42. The number of nitrogens with zero attached hydrogens (tertiary/aromatic N) is 2. The van der Waals surface area contributed by atoms with Crippen LogP contribution in [0.3, 0.4) is 0 Å². The van der Waals surface area contributed by atoms with E-state index in [0.29, 0.717) is 24.9 Å². The van der Waals surface area contributed by atoms with Crippen molar-refractivity contribution in [2.75, 3.05) is 18.1 Å². The van der Waals surface area contributed by atoms with Crippen molar-refractivity contribution in [1.82, 2.24) is 4.90 Å². The molecule has 0 aromatic heterocycles. The summed E-state index contributed by atoms with van der Waals surface area (Å²) in [6, 6.07) is 17.9. The van der Waals surface area contributed by atoms with Crippen LogP contribution in [0.4, 0.5) is 10.5 Å². The van der Waals surface area contributed by atoms with E-state index in [1.807, 2.05) is 30.3 Å². The van der Waals surface area contributed by atoms with Crippen LogP contribution in [0.1, 0.15) is 18.4 Å². The quantitative estimate of drug-likeness (QED) is 0.779. The van der Waals surface area contributed by atoms with E-state index < -0.39 is 21.5 Å². The second-order valence-corrected chi connectivity index (χ2v) is 9.40. The average molecular weight is 413 g/mol. The zero-order chi connectivity index (χ0) is 21.1. The van der Waals surface area contributed by atoms with Crippen molar-refractivity contribution in [2.45, 2.75) is 35.7 Å². The van der Waals surface area contributed by atoms with Crippen LogP contribution >= 0.6 is 0 Å². The van der Waals surface area contributed by atoms with Gasteiger partial charge in [-0.05, 0) is 36.2 Å². The minimum absolute atomic E-state index is 0.205. The van der Waals surface area contributed by atoms with Gasteiger partial charge in [-0.25, -0.2) is 13.2 Å². The van der Waals surface area contributed by atoms with Crippen LogP contribution in [0.5, 0.6) is 0 Å². The minimum atomic E-state index is -3.30. The molecule has 3 rings (SSSR count). The van der Waals surface area contributed by atoms with Gasteiger partial charge < -0.3 is 15.3 Å². The monoisotopic (exact) mass is 413 g/mol. The number of sulfone groups is 1. The van der Waals surface area contributed by atoms with E-state index in [0.717, 1.165) is 11.8 Å². The van der Waals surface area contributed by atoms with Gasteiger partial charge in [0.25, 0.3) is 0 Å². The molecule has 1 aliphatic rings. The second-order valence-electron chi connectivity index (χ2n) is 7.39. The smallest absolute Gasteiger partial charge is 0.407 e. The molecule has 152 valence electrons. The summed E-state index contributed by atoms with van der Waals surface area (Å²) in [4.78, 5) is 13.3. The maximum absolute atomic E-state index is 11.7. The number of carboxylic acid groups (broad SMARTS) is 1. The van der Waals surface area contributed by atoms with Gasteiger partial charge in [-0.2, -0.15) is 5.26 Å². The molecule has 0 aliphatic carbocycles. The summed E-state index contributed by atoms with van der Waals surface area (Å²) in [5, 5.41) is 22.7. The third-order valence-corrected chi connectivity index (χ3v) is 6.37. The standard InChI is InChI=1S/C21H23N3O4S/c1-29(27,28)19-9-7-17(8-10-19)23-21(15-22)11-12-24(20(25)26)18(14-21)13-16-5-3-2-4-6-16/h2-10,18,23H,11-14H2,1H3,(H,25,26). The molecule has 1 heterocycles. The van der Waals surface area contributed by atoms with Gasteiger partial charge in [0.2, 0.25) is 0 Å². The lowest BCUT2D eigenvalue weighted by Gasteiger charge is -2.43. The number of piperidine rings is 1. The number of carbonyl (C=O) groups is 1. The van der Waals surface area contributed by atoms with Crippen molar-refractivity contribution in [1.29, 1.82) is 5.26 Å². The lowest BCUT2D eigenvalue weighted by atomic mass is 9.82. The number of anilines is 1. The number of rotatable bonds is 5. The number of nitrogens with one attached hydrogen (secondary N) is 1. The van der Waals surface area contributed by atoms with Crippen LogP contribution < -0.4 is 5.32 Å². The zero-order valence-electron chi connectivity index (χ0n) is 16.1. The number of nitriles is 1. The van der Waals surface area contributed by atoms with E-state index in [1.165, 1.54) is 17.0 Å². The SMILES string of the molecule is CS(=O)(=O)c1ccc(NC2(C#N)CCN(C(=O)O)C(Cc3ccccc3)C2)cc1. The molecule has 0 bridgehead atoms. The van der Waals surface area contributed by atoms with Gasteiger partial charge in [0.05, 0.1) is 11.0 Å². The molecule has 0 saturated carbocycles. The summed E-state index contributed by atoms with van der Waals surface area (Å²) in [7, 11) is -3.30. The Balaban J connectivity index is 1.82. The fourth-order valence-electron chi connectivity index (χ4n) is 3.73. The molecular formula is C21H23N3O4S. The number of hydrogen-bond donors (Lipinski definition) is 2. The Morgan fingerprint density at radius 3 is 2.45 bits per heavy atom. The molecule has 2 N–H and O–H groups in total. The Bertz CT molecular complexity index is 1020.